The molecule has 1 atom stereocenters. The van der Waals surface area contributed by atoms with Gasteiger partial charge in [-0.2, -0.15) is 0 Å². The van der Waals surface area contributed by atoms with Gasteiger partial charge in [-0.1, -0.05) is 23.9 Å². The number of nitrogens with zero attached hydrogens (tertiary/aromatic N) is 2. The summed E-state index contributed by atoms with van der Waals surface area (Å²) in [5.74, 6) is -0.336. The van der Waals surface area contributed by atoms with Crippen molar-refractivity contribution in [1.29, 1.82) is 0 Å². The van der Waals surface area contributed by atoms with E-state index in [1.807, 2.05) is 25.3 Å². The van der Waals surface area contributed by atoms with E-state index in [9.17, 15) is 14.0 Å². The fourth-order valence-corrected chi connectivity index (χ4v) is 4.21. The van der Waals surface area contributed by atoms with Gasteiger partial charge in [-0.15, -0.1) is 11.3 Å². The summed E-state index contributed by atoms with van der Waals surface area (Å²) in [6.07, 6.45) is 0. The van der Waals surface area contributed by atoms with Gasteiger partial charge in [0.1, 0.15) is 10.5 Å². The molecule has 1 unspecified atom stereocenters. The molecular formula is C18H18FN3O2S2. The van der Waals surface area contributed by atoms with E-state index >= 15 is 0 Å². The van der Waals surface area contributed by atoms with E-state index in [1.165, 1.54) is 35.2 Å². The first kappa shape index (κ1) is 18.6. The van der Waals surface area contributed by atoms with Gasteiger partial charge in [-0.05, 0) is 43.0 Å². The van der Waals surface area contributed by atoms with Gasteiger partial charge in [0.05, 0.1) is 17.3 Å². The highest BCUT2D eigenvalue weighted by molar-refractivity contribution is 7.99. The van der Waals surface area contributed by atoms with Crippen molar-refractivity contribution in [3.63, 3.8) is 0 Å². The molecule has 0 aliphatic carbocycles. The fourth-order valence-electron chi connectivity index (χ4n) is 2.56. The Morgan fingerprint density at radius 3 is 2.77 bits per heavy atom. The number of carbonyl (C=O) groups excluding carboxylic acids is 1. The Labute approximate surface area is 158 Å². The van der Waals surface area contributed by atoms with Crippen molar-refractivity contribution in [1.82, 2.24) is 14.9 Å². The molecule has 26 heavy (non-hydrogen) atoms. The van der Waals surface area contributed by atoms with Crippen molar-refractivity contribution in [2.75, 3.05) is 5.75 Å². The number of rotatable bonds is 6. The van der Waals surface area contributed by atoms with Crippen LogP contribution >= 0.6 is 23.1 Å². The molecule has 0 saturated carbocycles. The molecule has 0 aliphatic rings. The molecule has 0 spiro atoms. The van der Waals surface area contributed by atoms with Gasteiger partial charge in [-0.25, -0.2) is 9.37 Å². The Morgan fingerprint density at radius 1 is 1.35 bits per heavy atom. The lowest BCUT2D eigenvalue weighted by Crippen LogP contribution is -2.29. The molecule has 0 bridgehead atoms. The first-order valence-corrected chi connectivity index (χ1v) is 10.0. The minimum atomic E-state index is -0.310. The molecule has 8 heteroatoms. The number of amides is 1. The van der Waals surface area contributed by atoms with E-state index < -0.39 is 0 Å². The van der Waals surface area contributed by atoms with Crippen molar-refractivity contribution < 1.29 is 9.18 Å². The number of thioether (sulfide) groups is 1. The number of fused-ring (bicyclic) bond motifs is 1. The summed E-state index contributed by atoms with van der Waals surface area (Å²) < 4.78 is 15.2. The van der Waals surface area contributed by atoms with Crippen LogP contribution in [0.3, 0.4) is 0 Å². The van der Waals surface area contributed by atoms with E-state index in [2.05, 4.69) is 10.3 Å². The topological polar surface area (TPSA) is 64.0 Å². The largest absolute Gasteiger partial charge is 0.349 e. The SMILES string of the molecule is CCn1c(SCC(=O)NC(C)c2ccc(F)cc2)nc2ccsc2c1=O. The quantitative estimate of drug-likeness (QED) is 0.515. The third-order valence-corrected chi connectivity index (χ3v) is 5.79. The van der Waals surface area contributed by atoms with Crippen LogP contribution in [-0.4, -0.2) is 21.2 Å². The number of carbonyl (C=O) groups is 1. The second-order valence-electron chi connectivity index (χ2n) is 5.71. The number of halogens is 1. The maximum Gasteiger partial charge on any atom is 0.272 e. The summed E-state index contributed by atoms with van der Waals surface area (Å²) in [4.78, 5) is 29.2. The van der Waals surface area contributed by atoms with Gasteiger partial charge in [0.25, 0.3) is 5.56 Å². The van der Waals surface area contributed by atoms with Gasteiger partial charge >= 0.3 is 0 Å². The molecule has 136 valence electrons. The Balaban J connectivity index is 1.68. The molecular weight excluding hydrogens is 373 g/mol. The number of nitrogens with one attached hydrogen (secondary N) is 1. The highest BCUT2D eigenvalue weighted by atomic mass is 32.2. The molecule has 3 rings (SSSR count). The van der Waals surface area contributed by atoms with Crippen molar-refractivity contribution in [3.8, 4) is 0 Å². The molecule has 0 fully saturated rings. The van der Waals surface area contributed by atoms with Gasteiger partial charge in [0, 0.05) is 6.54 Å². The highest BCUT2D eigenvalue weighted by Gasteiger charge is 2.14. The van der Waals surface area contributed by atoms with Crippen LogP contribution in [0.1, 0.15) is 25.5 Å². The average Bonchev–Trinajstić information content (AvgIpc) is 3.09. The lowest BCUT2D eigenvalue weighted by Gasteiger charge is -2.15. The molecule has 1 aromatic carbocycles. The van der Waals surface area contributed by atoms with Crippen LogP contribution in [0.2, 0.25) is 0 Å². The van der Waals surface area contributed by atoms with E-state index in [-0.39, 0.29) is 29.1 Å². The first-order valence-electron chi connectivity index (χ1n) is 8.15. The molecule has 0 aliphatic heterocycles. The van der Waals surface area contributed by atoms with Crippen LogP contribution in [0.4, 0.5) is 4.39 Å². The lowest BCUT2D eigenvalue weighted by molar-refractivity contribution is -0.119. The van der Waals surface area contributed by atoms with Crippen molar-refractivity contribution >= 4 is 39.2 Å². The molecule has 1 amide bonds. The van der Waals surface area contributed by atoms with Gasteiger partial charge in [-0.3, -0.25) is 14.2 Å². The standard InChI is InChI=1S/C18H18FN3O2S2/c1-3-22-17(24)16-14(8-9-25-16)21-18(22)26-10-15(23)20-11(2)12-4-6-13(19)7-5-12/h4-9,11H,3,10H2,1-2H3,(H,20,23). The van der Waals surface area contributed by atoms with Crippen molar-refractivity contribution in [2.45, 2.75) is 31.6 Å². The second kappa shape index (κ2) is 8.01. The first-order chi connectivity index (χ1) is 12.5. The van der Waals surface area contributed by atoms with Crippen molar-refractivity contribution in [3.05, 3.63) is 57.4 Å². The smallest absolute Gasteiger partial charge is 0.272 e. The zero-order chi connectivity index (χ0) is 18.7. The van der Waals surface area contributed by atoms with Crippen LogP contribution in [0.15, 0.2) is 45.7 Å². The van der Waals surface area contributed by atoms with Crippen LogP contribution < -0.4 is 10.9 Å². The number of thiophene rings is 1. The molecule has 3 aromatic rings. The summed E-state index contributed by atoms with van der Waals surface area (Å²) in [5, 5.41) is 5.25. The molecule has 0 radical (unpaired) electrons. The van der Waals surface area contributed by atoms with Gasteiger partial charge in [0.15, 0.2) is 5.16 Å². The minimum absolute atomic E-state index is 0.0740. The monoisotopic (exact) mass is 391 g/mol. The Kier molecular flexibility index (Phi) is 5.73. The summed E-state index contributed by atoms with van der Waals surface area (Å²) >= 11 is 2.61. The van der Waals surface area contributed by atoms with Crippen molar-refractivity contribution in [2.24, 2.45) is 0 Å². The summed E-state index contributed by atoms with van der Waals surface area (Å²) in [7, 11) is 0. The van der Waals surface area contributed by atoms with E-state index in [1.54, 1.807) is 16.7 Å². The Hall–Kier alpha value is -2.19. The molecule has 0 saturated heterocycles. The van der Waals surface area contributed by atoms with Crippen LogP contribution in [0, 0.1) is 5.82 Å². The minimum Gasteiger partial charge on any atom is -0.349 e. The van der Waals surface area contributed by atoms with Crippen LogP contribution in [0.5, 0.6) is 0 Å². The predicted molar refractivity (Wildman–Crippen MR) is 103 cm³/mol. The summed E-state index contributed by atoms with van der Waals surface area (Å²) in [6.45, 7) is 4.21. The predicted octanol–water partition coefficient (Wildman–Crippen LogP) is 3.59. The zero-order valence-electron chi connectivity index (χ0n) is 14.4. The molecule has 2 heterocycles. The maximum absolute atomic E-state index is 13.0. The summed E-state index contributed by atoms with van der Waals surface area (Å²) in [5.41, 5.74) is 1.41. The molecule has 5 nitrogen and oxygen atoms in total. The molecule has 2 aromatic heterocycles. The van der Waals surface area contributed by atoms with E-state index in [4.69, 9.17) is 0 Å². The van der Waals surface area contributed by atoms with Gasteiger partial charge < -0.3 is 5.32 Å². The number of aromatic nitrogens is 2. The highest BCUT2D eigenvalue weighted by Crippen LogP contribution is 2.21. The molecule has 1 N–H and O–H groups in total. The Morgan fingerprint density at radius 2 is 2.08 bits per heavy atom. The number of benzene rings is 1. The summed E-state index contributed by atoms with van der Waals surface area (Å²) in [6, 6.07) is 7.61. The number of hydrogen-bond acceptors (Lipinski definition) is 5. The zero-order valence-corrected chi connectivity index (χ0v) is 16.0. The average molecular weight is 391 g/mol. The normalized spacial score (nSPS) is 12.3. The van der Waals surface area contributed by atoms with Crippen LogP contribution in [-0.2, 0) is 11.3 Å². The van der Waals surface area contributed by atoms with E-state index in [0.29, 0.717) is 21.9 Å². The van der Waals surface area contributed by atoms with E-state index in [0.717, 1.165) is 5.56 Å². The van der Waals surface area contributed by atoms with Gasteiger partial charge in [0.2, 0.25) is 5.91 Å². The second-order valence-corrected chi connectivity index (χ2v) is 7.57. The lowest BCUT2D eigenvalue weighted by atomic mass is 10.1. The Bertz CT molecular complexity index is 982. The third kappa shape index (κ3) is 3.96. The maximum atomic E-state index is 13.0. The fraction of sp³-hybridized carbons (Fsp3) is 0.278. The van der Waals surface area contributed by atoms with Crippen LogP contribution in [0.25, 0.3) is 10.2 Å². The number of hydrogen-bond donors (Lipinski definition) is 1. The third-order valence-electron chi connectivity index (χ3n) is 3.93.